The van der Waals surface area contributed by atoms with Crippen LogP contribution in [0.5, 0.6) is 5.75 Å². The fourth-order valence-electron chi connectivity index (χ4n) is 1.86. The van der Waals surface area contributed by atoms with Crippen LogP contribution in [0.2, 0.25) is 5.02 Å². The Kier molecular flexibility index (Phi) is 4.77. The molecule has 0 saturated heterocycles. The third kappa shape index (κ3) is 3.69. The lowest BCUT2D eigenvalue weighted by Crippen LogP contribution is -2.14. The molecule has 19 heavy (non-hydrogen) atoms. The summed E-state index contributed by atoms with van der Waals surface area (Å²) in [5.74, 6) is 0.568. The zero-order chi connectivity index (χ0) is 13.7. The summed E-state index contributed by atoms with van der Waals surface area (Å²) in [5, 5.41) is 3.84. The van der Waals surface area contributed by atoms with Crippen molar-refractivity contribution in [1.82, 2.24) is 5.32 Å². The SMILES string of the molecule is COc1ccc(Cl)cc1CNCc1ccccc1F. The number of rotatable bonds is 5. The van der Waals surface area contributed by atoms with Crippen molar-refractivity contribution in [3.63, 3.8) is 0 Å². The third-order valence-corrected chi connectivity index (χ3v) is 3.07. The van der Waals surface area contributed by atoms with Crippen molar-refractivity contribution >= 4 is 11.6 Å². The molecule has 0 spiro atoms. The third-order valence-electron chi connectivity index (χ3n) is 2.83. The molecule has 1 N–H and O–H groups in total. The van der Waals surface area contributed by atoms with Crippen molar-refractivity contribution in [1.29, 1.82) is 0 Å². The van der Waals surface area contributed by atoms with Gasteiger partial charge in [-0.15, -0.1) is 0 Å². The molecule has 0 aliphatic carbocycles. The molecule has 0 radical (unpaired) electrons. The van der Waals surface area contributed by atoms with Crippen LogP contribution in [-0.4, -0.2) is 7.11 Å². The molecule has 0 bridgehead atoms. The molecule has 2 aromatic rings. The molecule has 0 fully saturated rings. The van der Waals surface area contributed by atoms with Crippen LogP contribution < -0.4 is 10.1 Å². The van der Waals surface area contributed by atoms with Crippen LogP contribution in [0.25, 0.3) is 0 Å². The molecule has 0 atom stereocenters. The van der Waals surface area contributed by atoms with E-state index >= 15 is 0 Å². The van der Waals surface area contributed by atoms with E-state index in [1.54, 1.807) is 25.3 Å². The van der Waals surface area contributed by atoms with Gasteiger partial charge in [0.15, 0.2) is 0 Å². The van der Waals surface area contributed by atoms with Gasteiger partial charge in [0.05, 0.1) is 7.11 Å². The lowest BCUT2D eigenvalue weighted by atomic mass is 10.2. The van der Waals surface area contributed by atoms with Crippen molar-refractivity contribution < 1.29 is 9.13 Å². The molecule has 2 aromatic carbocycles. The first-order valence-corrected chi connectivity index (χ1v) is 6.35. The molecule has 0 aromatic heterocycles. The lowest BCUT2D eigenvalue weighted by Gasteiger charge is -2.10. The minimum absolute atomic E-state index is 0.201. The van der Waals surface area contributed by atoms with Gasteiger partial charge < -0.3 is 10.1 Å². The number of nitrogens with one attached hydrogen (secondary N) is 1. The maximum absolute atomic E-state index is 13.4. The average Bonchev–Trinajstić information content (AvgIpc) is 2.41. The lowest BCUT2D eigenvalue weighted by molar-refractivity contribution is 0.407. The first kappa shape index (κ1) is 13.8. The minimum Gasteiger partial charge on any atom is -0.496 e. The van der Waals surface area contributed by atoms with Gasteiger partial charge in [-0.25, -0.2) is 4.39 Å². The van der Waals surface area contributed by atoms with E-state index in [1.165, 1.54) is 6.07 Å². The summed E-state index contributed by atoms with van der Waals surface area (Å²) in [6, 6.07) is 12.2. The molecule has 0 unspecified atom stereocenters. The van der Waals surface area contributed by atoms with E-state index in [0.717, 1.165) is 11.3 Å². The maximum Gasteiger partial charge on any atom is 0.127 e. The smallest absolute Gasteiger partial charge is 0.127 e. The highest BCUT2D eigenvalue weighted by Crippen LogP contribution is 2.22. The van der Waals surface area contributed by atoms with Crippen LogP contribution in [0, 0.1) is 5.82 Å². The first-order chi connectivity index (χ1) is 9.20. The van der Waals surface area contributed by atoms with Crippen molar-refractivity contribution in [3.8, 4) is 5.75 Å². The highest BCUT2D eigenvalue weighted by atomic mass is 35.5. The maximum atomic E-state index is 13.4. The van der Waals surface area contributed by atoms with E-state index in [4.69, 9.17) is 16.3 Å². The fourth-order valence-corrected chi connectivity index (χ4v) is 2.05. The summed E-state index contributed by atoms with van der Waals surface area (Å²) in [5.41, 5.74) is 1.59. The van der Waals surface area contributed by atoms with Gasteiger partial charge in [-0.2, -0.15) is 0 Å². The van der Waals surface area contributed by atoms with Gasteiger partial charge in [-0.1, -0.05) is 29.8 Å². The van der Waals surface area contributed by atoms with Gasteiger partial charge >= 0.3 is 0 Å². The Hall–Kier alpha value is -1.58. The number of ether oxygens (including phenoxy) is 1. The Morgan fingerprint density at radius 1 is 1.11 bits per heavy atom. The molecular weight excluding hydrogens is 265 g/mol. The molecule has 2 nitrogen and oxygen atoms in total. The second kappa shape index (κ2) is 6.55. The highest BCUT2D eigenvalue weighted by molar-refractivity contribution is 6.30. The van der Waals surface area contributed by atoms with E-state index in [-0.39, 0.29) is 5.82 Å². The molecule has 0 aliphatic heterocycles. The van der Waals surface area contributed by atoms with Crippen LogP contribution in [0.3, 0.4) is 0 Å². The minimum atomic E-state index is -0.201. The molecule has 0 saturated carbocycles. The van der Waals surface area contributed by atoms with Gasteiger partial charge in [0.1, 0.15) is 11.6 Å². The summed E-state index contributed by atoms with van der Waals surface area (Å²) >= 11 is 5.95. The zero-order valence-electron chi connectivity index (χ0n) is 10.6. The van der Waals surface area contributed by atoms with E-state index in [0.29, 0.717) is 23.7 Å². The van der Waals surface area contributed by atoms with Crippen LogP contribution in [0.1, 0.15) is 11.1 Å². The predicted molar refractivity (Wildman–Crippen MR) is 74.9 cm³/mol. The highest BCUT2D eigenvalue weighted by Gasteiger charge is 2.05. The molecular formula is C15H15ClFNO. The van der Waals surface area contributed by atoms with Gasteiger partial charge in [0, 0.05) is 29.2 Å². The Labute approximate surface area is 117 Å². The summed E-state index contributed by atoms with van der Waals surface area (Å²) < 4.78 is 18.7. The van der Waals surface area contributed by atoms with Crippen LogP contribution in [-0.2, 0) is 13.1 Å². The van der Waals surface area contributed by atoms with Crippen molar-refractivity contribution in [3.05, 3.63) is 64.4 Å². The fraction of sp³-hybridized carbons (Fsp3) is 0.200. The quantitative estimate of drug-likeness (QED) is 0.899. The van der Waals surface area contributed by atoms with Gasteiger partial charge in [0.25, 0.3) is 0 Å². The molecule has 2 rings (SSSR count). The number of hydrogen-bond donors (Lipinski definition) is 1. The molecule has 4 heteroatoms. The van der Waals surface area contributed by atoms with E-state index in [9.17, 15) is 4.39 Å². The van der Waals surface area contributed by atoms with E-state index in [2.05, 4.69) is 5.32 Å². The Bertz CT molecular complexity index is 560. The molecule has 0 amide bonds. The number of benzene rings is 2. The average molecular weight is 280 g/mol. The first-order valence-electron chi connectivity index (χ1n) is 5.97. The molecule has 0 heterocycles. The largest absolute Gasteiger partial charge is 0.496 e. The second-order valence-electron chi connectivity index (χ2n) is 4.15. The molecule has 0 aliphatic rings. The number of methoxy groups -OCH3 is 1. The van der Waals surface area contributed by atoms with Crippen molar-refractivity contribution in [2.24, 2.45) is 0 Å². The van der Waals surface area contributed by atoms with Crippen LogP contribution >= 0.6 is 11.6 Å². The van der Waals surface area contributed by atoms with Gasteiger partial charge in [0.2, 0.25) is 0 Å². The monoisotopic (exact) mass is 279 g/mol. The zero-order valence-corrected chi connectivity index (χ0v) is 11.4. The Morgan fingerprint density at radius 2 is 1.84 bits per heavy atom. The Balaban J connectivity index is 2.00. The van der Waals surface area contributed by atoms with E-state index < -0.39 is 0 Å². The van der Waals surface area contributed by atoms with Gasteiger partial charge in [-0.05, 0) is 24.3 Å². The van der Waals surface area contributed by atoms with Crippen LogP contribution in [0.15, 0.2) is 42.5 Å². The normalized spacial score (nSPS) is 10.5. The summed E-state index contributed by atoms with van der Waals surface area (Å²) in [6.07, 6.45) is 0. The Morgan fingerprint density at radius 3 is 2.58 bits per heavy atom. The topological polar surface area (TPSA) is 21.3 Å². The second-order valence-corrected chi connectivity index (χ2v) is 4.59. The molecule has 100 valence electrons. The van der Waals surface area contributed by atoms with Crippen molar-refractivity contribution in [2.75, 3.05) is 7.11 Å². The van der Waals surface area contributed by atoms with E-state index in [1.807, 2.05) is 18.2 Å². The van der Waals surface area contributed by atoms with Gasteiger partial charge in [-0.3, -0.25) is 0 Å². The van der Waals surface area contributed by atoms with Crippen LogP contribution in [0.4, 0.5) is 4.39 Å². The van der Waals surface area contributed by atoms with Crippen molar-refractivity contribution in [2.45, 2.75) is 13.1 Å². The number of halogens is 2. The standard InChI is InChI=1S/C15H15ClFNO/c1-19-15-7-6-13(16)8-12(15)10-18-9-11-4-2-3-5-14(11)17/h2-8,18H,9-10H2,1H3. The summed E-state index contributed by atoms with van der Waals surface area (Å²) in [6.45, 7) is 1.03. The summed E-state index contributed by atoms with van der Waals surface area (Å²) in [7, 11) is 1.61. The summed E-state index contributed by atoms with van der Waals surface area (Å²) in [4.78, 5) is 0. The number of hydrogen-bond acceptors (Lipinski definition) is 2. The predicted octanol–water partition coefficient (Wildman–Crippen LogP) is 3.78.